The second-order valence-electron chi connectivity index (χ2n) is 8.81. The fraction of sp³-hybridized carbons (Fsp3) is 0.458. The van der Waals surface area contributed by atoms with Crippen molar-refractivity contribution < 1.29 is 25.6 Å². The van der Waals surface area contributed by atoms with E-state index in [1.807, 2.05) is 20.9 Å². The Morgan fingerprint density at radius 1 is 0.967 bits per heavy atom. The molecule has 30 heavy (non-hydrogen) atoms. The van der Waals surface area contributed by atoms with E-state index in [0.29, 0.717) is 0 Å². The predicted octanol–water partition coefficient (Wildman–Crippen LogP) is 7.77. The van der Waals surface area contributed by atoms with Crippen molar-refractivity contribution in [1.29, 1.82) is 0 Å². The Morgan fingerprint density at radius 2 is 1.50 bits per heavy atom. The van der Waals surface area contributed by atoms with Crippen LogP contribution < -0.4 is 10.1 Å². The fourth-order valence-corrected chi connectivity index (χ4v) is 3.63. The van der Waals surface area contributed by atoms with Crippen molar-refractivity contribution in [2.45, 2.75) is 51.5 Å². The Hall–Kier alpha value is 0.0131. The van der Waals surface area contributed by atoms with Gasteiger partial charge in [-0.3, -0.25) is 0 Å². The zero-order chi connectivity index (χ0) is 23.4. The molecule has 0 bridgehead atoms. The number of para-hydroxylation sites is 1. The quantitative estimate of drug-likeness (QED) is 0.384. The molecule has 0 saturated carbocycles. The van der Waals surface area contributed by atoms with Crippen LogP contribution in [0.3, 0.4) is 0 Å². The number of benzene rings is 2. The van der Waals surface area contributed by atoms with Crippen molar-refractivity contribution in [3.63, 3.8) is 0 Å². The zero-order valence-corrected chi connectivity index (χ0v) is 24.7. The van der Waals surface area contributed by atoms with Crippen LogP contribution in [0.25, 0.3) is 0 Å². The minimum absolute atomic E-state index is 0.0918. The van der Waals surface area contributed by atoms with Gasteiger partial charge in [0.1, 0.15) is 0 Å². The molecule has 0 aromatic heterocycles. The summed E-state index contributed by atoms with van der Waals surface area (Å²) in [6.07, 6.45) is 7.89. The van der Waals surface area contributed by atoms with E-state index in [1.54, 1.807) is 0 Å². The van der Waals surface area contributed by atoms with Crippen molar-refractivity contribution in [3.8, 4) is 5.75 Å². The van der Waals surface area contributed by atoms with Gasteiger partial charge in [0.05, 0.1) is 5.75 Å². The molecule has 0 aliphatic heterocycles. The first kappa shape index (κ1) is 30.0. The predicted molar refractivity (Wildman–Crippen MR) is 135 cm³/mol. The van der Waals surface area contributed by atoms with Crippen molar-refractivity contribution in [1.82, 2.24) is 5.32 Å². The average molecular weight is 551 g/mol. The van der Waals surface area contributed by atoms with E-state index in [1.165, 1.54) is 16.0 Å². The first-order chi connectivity index (χ1) is 13.9. The molecule has 0 spiro atoms. The molecule has 2 aromatic carbocycles. The molecule has 170 valence electrons. The number of ether oxygens (including phenoxy) is 1. The van der Waals surface area contributed by atoms with Crippen LogP contribution in [0.4, 0.5) is 0 Å². The van der Waals surface area contributed by atoms with E-state index >= 15 is 0 Å². The van der Waals surface area contributed by atoms with Crippen LogP contribution in [0.2, 0.25) is 0 Å². The SMILES string of the molecule is CNCc1cccc(C(C)(C)C)c1O[C-](C)C.CS(C)(C)c1ccccc1.[Cl][Zr][Cl]. The number of rotatable bonds is 5. The summed E-state index contributed by atoms with van der Waals surface area (Å²) in [6.45, 7) is 11.4. The van der Waals surface area contributed by atoms with Crippen molar-refractivity contribution in [2.75, 3.05) is 25.8 Å². The summed E-state index contributed by atoms with van der Waals surface area (Å²) in [6, 6.07) is 17.0. The van der Waals surface area contributed by atoms with E-state index in [-0.39, 0.29) is 5.41 Å². The zero-order valence-electron chi connectivity index (χ0n) is 19.9. The van der Waals surface area contributed by atoms with Gasteiger partial charge in [0.15, 0.2) is 0 Å². The topological polar surface area (TPSA) is 21.3 Å². The van der Waals surface area contributed by atoms with E-state index in [2.05, 4.69) is 93.4 Å². The maximum absolute atomic E-state index is 5.93. The summed E-state index contributed by atoms with van der Waals surface area (Å²) in [7, 11) is 11.3. The molecule has 0 radical (unpaired) electrons. The van der Waals surface area contributed by atoms with Gasteiger partial charge in [0, 0.05) is 12.1 Å². The summed E-state index contributed by atoms with van der Waals surface area (Å²) in [5, 5.41) is 3.19. The second-order valence-corrected chi connectivity index (χ2v) is 16.7. The van der Waals surface area contributed by atoms with Gasteiger partial charge in [-0.1, -0.05) is 69.3 Å². The van der Waals surface area contributed by atoms with Gasteiger partial charge in [-0.05, 0) is 41.7 Å². The van der Waals surface area contributed by atoms with E-state index in [0.717, 1.165) is 18.4 Å². The van der Waals surface area contributed by atoms with Gasteiger partial charge >= 0.3 is 37.9 Å². The molecule has 0 heterocycles. The number of halogens is 2. The fourth-order valence-electron chi connectivity index (χ4n) is 2.66. The van der Waals surface area contributed by atoms with Gasteiger partial charge in [-0.2, -0.15) is 20.0 Å². The molecular weight excluding hydrogens is 512 g/mol. The molecule has 6 heteroatoms. The summed E-state index contributed by atoms with van der Waals surface area (Å²) >= 11 is -0.826. The minimum atomic E-state index is -0.826. The number of nitrogens with one attached hydrogen (secondary N) is 1. The molecule has 0 amide bonds. The molecule has 0 fully saturated rings. The second kappa shape index (κ2) is 15.0. The van der Waals surface area contributed by atoms with E-state index < -0.39 is 30.9 Å². The van der Waals surface area contributed by atoms with Gasteiger partial charge in [0.25, 0.3) is 0 Å². The third-order valence-electron chi connectivity index (χ3n) is 4.03. The van der Waals surface area contributed by atoms with Gasteiger partial charge in [-0.25, -0.2) is 10.0 Å². The standard InChI is InChI=1S/C15H24NO.C9H14S.2ClH.Zr/c1-11(2)17-14-12(10-16-6)8-7-9-13(14)15(3,4)5;1-10(2,3)9-7-5-4-6-8-9;;;/h7-9,16H,10H2,1-6H3;4-8H,1-3H3;2*1H;/q-1;;;;+2/p-2. The van der Waals surface area contributed by atoms with E-state index in [4.69, 9.17) is 21.8 Å². The van der Waals surface area contributed by atoms with Gasteiger partial charge < -0.3 is 10.1 Å². The molecule has 2 nitrogen and oxygen atoms in total. The van der Waals surface area contributed by atoms with Gasteiger partial charge in [0.2, 0.25) is 0 Å². The number of hydrogen-bond donors (Lipinski definition) is 1. The molecule has 0 aliphatic rings. The molecule has 2 rings (SSSR count). The van der Waals surface area contributed by atoms with Crippen LogP contribution >= 0.6 is 27.1 Å². The third kappa shape index (κ3) is 12.2. The molecule has 0 unspecified atom stereocenters. The number of hydrogen-bond acceptors (Lipinski definition) is 2. The summed E-state index contributed by atoms with van der Waals surface area (Å²) in [5.74, 6) is 1.01. The van der Waals surface area contributed by atoms with Crippen molar-refractivity contribution in [3.05, 3.63) is 65.8 Å². The molecule has 0 saturated heterocycles. The molecular formula is C24H38Cl2NOSZr-. The van der Waals surface area contributed by atoms with Crippen molar-refractivity contribution >= 4 is 27.1 Å². The van der Waals surface area contributed by atoms with Gasteiger partial charge in [-0.15, -0.1) is 0 Å². The molecule has 1 N–H and O–H groups in total. The third-order valence-corrected chi connectivity index (χ3v) is 5.71. The van der Waals surface area contributed by atoms with Crippen LogP contribution in [-0.4, -0.2) is 25.8 Å². The van der Waals surface area contributed by atoms with Crippen LogP contribution in [0.5, 0.6) is 5.75 Å². The summed E-state index contributed by atoms with van der Waals surface area (Å²) in [4.78, 5) is 1.48. The van der Waals surface area contributed by atoms with E-state index in [9.17, 15) is 0 Å². The Bertz CT molecular complexity index is 713. The summed E-state index contributed by atoms with van der Waals surface area (Å²) in [5.41, 5.74) is 2.56. The maximum atomic E-state index is 5.93. The average Bonchev–Trinajstić information content (AvgIpc) is 2.63. The normalized spacial score (nSPS) is 11.6. The Labute approximate surface area is 205 Å². The Morgan fingerprint density at radius 3 is 1.87 bits per heavy atom. The first-order valence-electron chi connectivity index (χ1n) is 9.83. The molecule has 0 atom stereocenters. The van der Waals surface area contributed by atoms with Crippen LogP contribution in [0.15, 0.2) is 53.4 Å². The van der Waals surface area contributed by atoms with Crippen molar-refractivity contribution in [2.24, 2.45) is 0 Å². The molecule has 2 aromatic rings. The Balaban J connectivity index is 0.000000546. The first-order valence-corrected chi connectivity index (χ1v) is 19.0. The Kier molecular flexibility index (Phi) is 15.0. The molecule has 0 aliphatic carbocycles. The van der Waals surface area contributed by atoms with Crippen LogP contribution in [0.1, 0.15) is 45.7 Å². The van der Waals surface area contributed by atoms with Crippen LogP contribution in [0, 0.1) is 6.10 Å². The monoisotopic (exact) mass is 548 g/mol. The van der Waals surface area contributed by atoms with Crippen LogP contribution in [-0.2, 0) is 32.8 Å². The summed E-state index contributed by atoms with van der Waals surface area (Å²) < 4.78 is 5.93.